The van der Waals surface area contributed by atoms with E-state index in [9.17, 15) is 9.59 Å². The van der Waals surface area contributed by atoms with Gasteiger partial charge in [0.15, 0.2) is 0 Å². The zero-order valence-corrected chi connectivity index (χ0v) is 11.8. The Morgan fingerprint density at radius 1 is 1.25 bits per heavy atom. The number of likely N-dealkylation sites (tertiary alicyclic amines) is 1. The number of nitrogens with zero attached hydrogens (tertiary/aromatic N) is 1. The number of carbonyl (C=O) groups excluding carboxylic acids is 1. The third kappa shape index (κ3) is 3.38. The summed E-state index contributed by atoms with van der Waals surface area (Å²) >= 11 is 0. The van der Waals surface area contributed by atoms with E-state index in [0.717, 1.165) is 12.8 Å². The minimum absolute atomic E-state index is 0.0535. The smallest absolute Gasteiger partial charge is 0.303 e. The van der Waals surface area contributed by atoms with Crippen molar-refractivity contribution in [3.8, 4) is 0 Å². The van der Waals surface area contributed by atoms with Crippen LogP contribution in [0.1, 0.15) is 36.5 Å². The summed E-state index contributed by atoms with van der Waals surface area (Å²) in [5.41, 5.74) is 0.707. The number of piperidine rings is 1. The van der Waals surface area contributed by atoms with E-state index in [2.05, 4.69) is 6.92 Å². The first-order chi connectivity index (χ1) is 9.61. The van der Waals surface area contributed by atoms with Crippen molar-refractivity contribution in [3.05, 3.63) is 35.9 Å². The topological polar surface area (TPSA) is 57.6 Å². The fraction of sp³-hybridized carbons (Fsp3) is 0.500. The van der Waals surface area contributed by atoms with E-state index in [1.54, 1.807) is 0 Å². The molecule has 1 aliphatic rings. The highest BCUT2D eigenvalue weighted by Gasteiger charge is 2.31. The molecule has 1 saturated heterocycles. The Bertz CT molecular complexity index is 472. The molecule has 1 N–H and O–H groups in total. The van der Waals surface area contributed by atoms with Crippen LogP contribution in [0.2, 0.25) is 0 Å². The van der Waals surface area contributed by atoms with Gasteiger partial charge >= 0.3 is 5.97 Å². The first kappa shape index (κ1) is 14.6. The minimum atomic E-state index is -0.740. The molecule has 0 bridgehead atoms. The lowest BCUT2D eigenvalue weighted by Crippen LogP contribution is -2.44. The summed E-state index contributed by atoms with van der Waals surface area (Å²) in [6, 6.07) is 9.27. The fourth-order valence-corrected chi connectivity index (χ4v) is 2.98. The number of amides is 1. The summed E-state index contributed by atoms with van der Waals surface area (Å²) in [5.74, 6) is -0.209. The quantitative estimate of drug-likeness (QED) is 0.919. The van der Waals surface area contributed by atoms with Gasteiger partial charge in [-0.2, -0.15) is 0 Å². The van der Waals surface area contributed by atoms with Crippen molar-refractivity contribution in [2.24, 2.45) is 11.8 Å². The van der Waals surface area contributed by atoms with E-state index in [1.165, 1.54) is 0 Å². The van der Waals surface area contributed by atoms with Crippen LogP contribution in [0.4, 0.5) is 0 Å². The number of aliphatic carboxylic acids is 1. The third-order valence-electron chi connectivity index (χ3n) is 4.16. The molecule has 4 heteroatoms. The summed E-state index contributed by atoms with van der Waals surface area (Å²) in [4.78, 5) is 25.1. The monoisotopic (exact) mass is 275 g/mol. The molecule has 2 unspecified atom stereocenters. The first-order valence-electron chi connectivity index (χ1n) is 7.18. The van der Waals surface area contributed by atoms with Crippen LogP contribution < -0.4 is 0 Å². The van der Waals surface area contributed by atoms with Gasteiger partial charge in [0, 0.05) is 25.1 Å². The zero-order valence-electron chi connectivity index (χ0n) is 11.8. The number of hydrogen-bond donors (Lipinski definition) is 1. The van der Waals surface area contributed by atoms with Gasteiger partial charge in [-0.15, -0.1) is 0 Å². The number of carboxylic acid groups (broad SMARTS) is 1. The van der Waals surface area contributed by atoms with E-state index in [0.29, 0.717) is 18.7 Å². The Morgan fingerprint density at radius 3 is 2.55 bits per heavy atom. The molecule has 1 aromatic rings. The number of rotatable bonds is 4. The molecule has 0 aliphatic carbocycles. The molecular formula is C16H21NO3. The summed E-state index contributed by atoms with van der Waals surface area (Å²) < 4.78 is 0. The second-order valence-electron chi connectivity index (χ2n) is 5.43. The molecule has 0 saturated carbocycles. The summed E-state index contributed by atoms with van der Waals surface area (Å²) in [6.45, 7) is 3.39. The SMILES string of the molecule is CCC1CN(C(=O)c2ccccc2)CCC1CC(=O)O. The Hall–Kier alpha value is -1.84. The maximum Gasteiger partial charge on any atom is 0.303 e. The highest BCUT2D eigenvalue weighted by molar-refractivity contribution is 5.94. The molecule has 1 aromatic carbocycles. The second-order valence-corrected chi connectivity index (χ2v) is 5.43. The largest absolute Gasteiger partial charge is 0.481 e. The Labute approximate surface area is 119 Å². The molecule has 1 fully saturated rings. The van der Waals surface area contributed by atoms with Crippen molar-refractivity contribution >= 4 is 11.9 Å². The molecule has 1 heterocycles. The predicted octanol–water partition coefficient (Wildman–Crippen LogP) is 2.65. The Kier molecular flexibility index (Phi) is 4.77. The number of carbonyl (C=O) groups is 2. The van der Waals surface area contributed by atoms with Gasteiger partial charge in [-0.05, 0) is 30.4 Å². The average Bonchev–Trinajstić information content (AvgIpc) is 2.47. The lowest BCUT2D eigenvalue weighted by Gasteiger charge is -2.37. The van der Waals surface area contributed by atoms with Crippen LogP contribution in [0.5, 0.6) is 0 Å². The van der Waals surface area contributed by atoms with Crippen LogP contribution in [0, 0.1) is 11.8 Å². The van der Waals surface area contributed by atoms with Crippen LogP contribution in [-0.4, -0.2) is 35.0 Å². The molecule has 2 atom stereocenters. The molecule has 0 aromatic heterocycles. The molecule has 20 heavy (non-hydrogen) atoms. The van der Waals surface area contributed by atoms with E-state index < -0.39 is 5.97 Å². The Balaban J connectivity index is 2.03. The van der Waals surface area contributed by atoms with Crippen LogP contribution in [0.3, 0.4) is 0 Å². The lowest BCUT2D eigenvalue weighted by atomic mass is 9.81. The number of hydrogen-bond acceptors (Lipinski definition) is 2. The van der Waals surface area contributed by atoms with Crippen molar-refractivity contribution in [2.75, 3.05) is 13.1 Å². The van der Waals surface area contributed by atoms with Gasteiger partial charge in [-0.3, -0.25) is 9.59 Å². The number of benzene rings is 1. The van der Waals surface area contributed by atoms with Crippen LogP contribution in [0.15, 0.2) is 30.3 Å². The summed E-state index contributed by atoms with van der Waals surface area (Å²) in [6.07, 6.45) is 1.91. The third-order valence-corrected chi connectivity index (χ3v) is 4.16. The van der Waals surface area contributed by atoms with Crippen molar-refractivity contribution in [2.45, 2.75) is 26.2 Å². The van der Waals surface area contributed by atoms with Crippen LogP contribution in [-0.2, 0) is 4.79 Å². The molecule has 2 rings (SSSR count). The van der Waals surface area contributed by atoms with Gasteiger partial charge in [0.25, 0.3) is 5.91 Å². The second kappa shape index (κ2) is 6.55. The van der Waals surface area contributed by atoms with Gasteiger partial charge in [0.2, 0.25) is 0 Å². The van der Waals surface area contributed by atoms with Crippen LogP contribution >= 0.6 is 0 Å². The maximum atomic E-state index is 12.4. The lowest BCUT2D eigenvalue weighted by molar-refractivity contribution is -0.139. The molecule has 0 radical (unpaired) electrons. The summed E-state index contributed by atoms with van der Waals surface area (Å²) in [7, 11) is 0. The first-order valence-corrected chi connectivity index (χ1v) is 7.18. The minimum Gasteiger partial charge on any atom is -0.481 e. The van der Waals surface area contributed by atoms with E-state index in [4.69, 9.17) is 5.11 Å². The standard InChI is InChI=1S/C16H21NO3/c1-2-12-11-17(9-8-14(12)10-15(18)19)16(20)13-6-4-3-5-7-13/h3-7,12,14H,2,8-11H2,1H3,(H,18,19). The molecule has 1 amide bonds. The average molecular weight is 275 g/mol. The molecule has 108 valence electrons. The highest BCUT2D eigenvalue weighted by atomic mass is 16.4. The van der Waals surface area contributed by atoms with Gasteiger partial charge in [0.1, 0.15) is 0 Å². The molecule has 0 spiro atoms. The normalized spacial score (nSPS) is 22.6. The van der Waals surface area contributed by atoms with Crippen molar-refractivity contribution < 1.29 is 14.7 Å². The highest BCUT2D eigenvalue weighted by Crippen LogP contribution is 2.29. The van der Waals surface area contributed by atoms with Gasteiger partial charge in [-0.1, -0.05) is 31.5 Å². The van der Waals surface area contributed by atoms with Crippen LogP contribution in [0.25, 0.3) is 0 Å². The van der Waals surface area contributed by atoms with E-state index in [1.807, 2.05) is 35.2 Å². The van der Waals surface area contributed by atoms with E-state index >= 15 is 0 Å². The van der Waals surface area contributed by atoms with Crippen molar-refractivity contribution in [1.82, 2.24) is 4.90 Å². The van der Waals surface area contributed by atoms with E-state index in [-0.39, 0.29) is 24.2 Å². The predicted molar refractivity (Wildman–Crippen MR) is 76.5 cm³/mol. The molecule has 1 aliphatic heterocycles. The van der Waals surface area contributed by atoms with Gasteiger partial charge in [-0.25, -0.2) is 0 Å². The van der Waals surface area contributed by atoms with Gasteiger partial charge in [0.05, 0.1) is 0 Å². The Morgan fingerprint density at radius 2 is 1.95 bits per heavy atom. The number of carboxylic acids is 1. The van der Waals surface area contributed by atoms with Crippen molar-refractivity contribution in [1.29, 1.82) is 0 Å². The maximum absolute atomic E-state index is 12.4. The molecular weight excluding hydrogens is 254 g/mol. The summed E-state index contributed by atoms with van der Waals surface area (Å²) in [5, 5.41) is 8.95. The van der Waals surface area contributed by atoms with Gasteiger partial charge < -0.3 is 10.0 Å². The molecule has 4 nitrogen and oxygen atoms in total. The van der Waals surface area contributed by atoms with Crippen molar-refractivity contribution in [3.63, 3.8) is 0 Å². The fourth-order valence-electron chi connectivity index (χ4n) is 2.98. The zero-order chi connectivity index (χ0) is 14.5.